The number of rotatable bonds is 7. The van der Waals surface area contributed by atoms with Gasteiger partial charge in [-0.2, -0.15) is 0 Å². The van der Waals surface area contributed by atoms with Crippen molar-refractivity contribution in [1.29, 1.82) is 0 Å². The lowest BCUT2D eigenvalue weighted by atomic mass is 10.2. The van der Waals surface area contributed by atoms with Gasteiger partial charge in [-0.05, 0) is 37.1 Å². The number of carbonyl (C=O) groups is 1. The second-order valence-electron chi connectivity index (χ2n) is 5.33. The van der Waals surface area contributed by atoms with Gasteiger partial charge in [0.05, 0.1) is 0 Å². The maximum atomic E-state index is 12.3. The van der Waals surface area contributed by atoms with Crippen molar-refractivity contribution in [3.05, 3.63) is 53.7 Å². The fraction of sp³-hybridized carbons (Fsp3) is 0.333. The van der Waals surface area contributed by atoms with Crippen LogP contribution in [-0.2, 0) is 0 Å². The number of anilines is 2. The Morgan fingerprint density at radius 1 is 1.18 bits per heavy atom. The Morgan fingerprint density at radius 3 is 2.77 bits per heavy atom. The summed E-state index contributed by atoms with van der Waals surface area (Å²) in [6, 6.07) is 11.3. The molecule has 2 rings (SSSR count). The monoisotopic (exact) mass is 297 g/mol. The van der Waals surface area contributed by atoms with Crippen LogP contribution in [0.3, 0.4) is 0 Å². The number of hydrogen-bond acceptors (Lipinski definition) is 3. The summed E-state index contributed by atoms with van der Waals surface area (Å²) in [5.41, 5.74) is 2.49. The van der Waals surface area contributed by atoms with Crippen molar-refractivity contribution in [1.82, 2.24) is 4.98 Å². The zero-order valence-corrected chi connectivity index (χ0v) is 13.2. The van der Waals surface area contributed by atoms with Gasteiger partial charge in [0.2, 0.25) is 0 Å². The highest BCUT2D eigenvalue weighted by molar-refractivity contribution is 6.04. The maximum absolute atomic E-state index is 12.3. The van der Waals surface area contributed by atoms with Crippen LogP contribution in [0.1, 0.15) is 42.1 Å². The molecule has 0 saturated carbocycles. The lowest BCUT2D eigenvalue weighted by Crippen LogP contribution is -2.13. The molecule has 4 heteroatoms. The molecule has 0 spiro atoms. The molecule has 0 unspecified atom stereocenters. The Balaban J connectivity index is 1.99. The van der Waals surface area contributed by atoms with E-state index in [1.165, 1.54) is 12.8 Å². The third-order valence-corrected chi connectivity index (χ3v) is 3.50. The number of carbonyl (C=O) groups excluding carboxylic acids is 1. The molecule has 0 fully saturated rings. The first-order chi connectivity index (χ1) is 10.7. The van der Waals surface area contributed by atoms with Crippen molar-refractivity contribution in [2.24, 2.45) is 0 Å². The quantitative estimate of drug-likeness (QED) is 0.751. The van der Waals surface area contributed by atoms with Gasteiger partial charge in [-0.15, -0.1) is 0 Å². The van der Waals surface area contributed by atoms with Gasteiger partial charge in [-0.1, -0.05) is 38.0 Å². The largest absolute Gasteiger partial charge is 0.370 e. The molecule has 1 aromatic heterocycles. The van der Waals surface area contributed by atoms with E-state index in [0.717, 1.165) is 30.0 Å². The third kappa shape index (κ3) is 4.58. The zero-order valence-electron chi connectivity index (χ0n) is 13.2. The predicted molar refractivity (Wildman–Crippen MR) is 91.4 cm³/mol. The van der Waals surface area contributed by atoms with Gasteiger partial charge in [-0.25, -0.2) is 4.98 Å². The topological polar surface area (TPSA) is 54.0 Å². The van der Waals surface area contributed by atoms with Crippen molar-refractivity contribution in [2.75, 3.05) is 17.2 Å². The van der Waals surface area contributed by atoms with E-state index in [1.807, 2.05) is 31.2 Å². The normalized spacial score (nSPS) is 10.3. The van der Waals surface area contributed by atoms with Crippen LogP contribution in [0, 0.1) is 6.92 Å². The highest BCUT2D eigenvalue weighted by atomic mass is 16.1. The van der Waals surface area contributed by atoms with Gasteiger partial charge in [-0.3, -0.25) is 4.79 Å². The Kier molecular flexibility index (Phi) is 5.95. The first kappa shape index (κ1) is 16.0. The summed E-state index contributed by atoms with van der Waals surface area (Å²) in [5, 5.41) is 6.19. The second-order valence-corrected chi connectivity index (χ2v) is 5.33. The maximum Gasteiger partial charge on any atom is 0.255 e. The summed E-state index contributed by atoms with van der Waals surface area (Å²) in [6.07, 6.45) is 5.15. The number of unbranched alkanes of at least 4 members (excludes halogenated alkanes) is 2. The summed E-state index contributed by atoms with van der Waals surface area (Å²) >= 11 is 0. The number of hydrogen-bond donors (Lipinski definition) is 2. The number of amides is 1. The van der Waals surface area contributed by atoms with Gasteiger partial charge < -0.3 is 10.6 Å². The summed E-state index contributed by atoms with van der Waals surface area (Å²) < 4.78 is 0. The summed E-state index contributed by atoms with van der Waals surface area (Å²) in [7, 11) is 0. The molecule has 0 aliphatic heterocycles. The van der Waals surface area contributed by atoms with E-state index >= 15 is 0 Å². The molecular formula is C18H23N3O. The van der Waals surface area contributed by atoms with Crippen molar-refractivity contribution in [2.45, 2.75) is 33.1 Å². The zero-order chi connectivity index (χ0) is 15.8. The lowest BCUT2D eigenvalue weighted by Gasteiger charge is -2.09. The van der Waals surface area contributed by atoms with E-state index < -0.39 is 0 Å². The Bertz CT molecular complexity index is 625. The van der Waals surface area contributed by atoms with Gasteiger partial charge in [0.15, 0.2) is 0 Å². The van der Waals surface area contributed by atoms with Crippen molar-refractivity contribution >= 4 is 17.4 Å². The van der Waals surface area contributed by atoms with Gasteiger partial charge >= 0.3 is 0 Å². The fourth-order valence-electron chi connectivity index (χ4n) is 2.17. The average molecular weight is 297 g/mol. The van der Waals surface area contributed by atoms with Crippen LogP contribution in [0.25, 0.3) is 0 Å². The molecule has 116 valence electrons. The average Bonchev–Trinajstić information content (AvgIpc) is 2.54. The predicted octanol–water partition coefficient (Wildman–Crippen LogP) is 4.24. The molecule has 0 aliphatic rings. The number of pyridine rings is 1. The summed E-state index contributed by atoms with van der Waals surface area (Å²) in [4.78, 5) is 16.6. The van der Waals surface area contributed by atoms with Crippen LogP contribution in [0.2, 0.25) is 0 Å². The second kappa shape index (κ2) is 8.17. The fourth-order valence-corrected chi connectivity index (χ4v) is 2.17. The molecule has 22 heavy (non-hydrogen) atoms. The number of nitrogens with one attached hydrogen (secondary N) is 2. The first-order valence-electron chi connectivity index (χ1n) is 7.77. The van der Waals surface area contributed by atoms with E-state index in [4.69, 9.17) is 0 Å². The van der Waals surface area contributed by atoms with Crippen LogP contribution >= 0.6 is 0 Å². The molecule has 1 amide bonds. The number of aromatic nitrogens is 1. The SMILES string of the molecule is CCCCCNc1cc(C(=O)Nc2ccccc2C)ccn1. The minimum absolute atomic E-state index is 0.117. The van der Waals surface area contributed by atoms with Crippen LogP contribution in [0.4, 0.5) is 11.5 Å². The third-order valence-electron chi connectivity index (χ3n) is 3.50. The van der Waals surface area contributed by atoms with Crippen LogP contribution < -0.4 is 10.6 Å². The van der Waals surface area contributed by atoms with Crippen molar-refractivity contribution in [3.8, 4) is 0 Å². The standard InChI is InChI=1S/C18H23N3O/c1-3-4-7-11-19-17-13-15(10-12-20-17)18(22)21-16-9-6-5-8-14(16)2/h5-6,8-10,12-13H,3-4,7,11H2,1-2H3,(H,19,20)(H,21,22). The molecule has 2 aromatic rings. The van der Waals surface area contributed by atoms with Crippen LogP contribution in [0.15, 0.2) is 42.6 Å². The Labute approximate surface area is 132 Å². The molecule has 0 saturated heterocycles. The van der Waals surface area contributed by atoms with Gasteiger partial charge in [0.1, 0.15) is 5.82 Å². The molecule has 1 aromatic carbocycles. The molecule has 0 aliphatic carbocycles. The highest BCUT2D eigenvalue weighted by Gasteiger charge is 2.08. The van der Waals surface area contributed by atoms with Crippen molar-refractivity contribution in [3.63, 3.8) is 0 Å². The molecule has 0 atom stereocenters. The Hall–Kier alpha value is -2.36. The number of aryl methyl sites for hydroxylation is 1. The van der Waals surface area contributed by atoms with Crippen LogP contribution in [-0.4, -0.2) is 17.4 Å². The summed E-state index contributed by atoms with van der Waals surface area (Å²) in [5.74, 6) is 0.627. The minimum Gasteiger partial charge on any atom is -0.370 e. The number of para-hydroxylation sites is 1. The molecular weight excluding hydrogens is 274 g/mol. The van der Waals surface area contributed by atoms with Gasteiger partial charge in [0.25, 0.3) is 5.91 Å². The van der Waals surface area contributed by atoms with E-state index in [0.29, 0.717) is 5.56 Å². The molecule has 1 heterocycles. The highest BCUT2D eigenvalue weighted by Crippen LogP contribution is 2.15. The molecule has 0 bridgehead atoms. The smallest absolute Gasteiger partial charge is 0.255 e. The first-order valence-corrected chi connectivity index (χ1v) is 7.77. The Morgan fingerprint density at radius 2 is 2.00 bits per heavy atom. The van der Waals surface area contributed by atoms with E-state index in [-0.39, 0.29) is 5.91 Å². The molecule has 2 N–H and O–H groups in total. The molecule has 4 nitrogen and oxygen atoms in total. The van der Waals surface area contributed by atoms with Crippen LogP contribution in [0.5, 0.6) is 0 Å². The van der Waals surface area contributed by atoms with E-state index in [9.17, 15) is 4.79 Å². The van der Waals surface area contributed by atoms with E-state index in [2.05, 4.69) is 22.5 Å². The van der Waals surface area contributed by atoms with E-state index in [1.54, 1.807) is 18.3 Å². The van der Waals surface area contributed by atoms with Gasteiger partial charge in [0, 0.05) is 24.0 Å². The minimum atomic E-state index is -0.117. The summed E-state index contributed by atoms with van der Waals surface area (Å²) in [6.45, 7) is 5.03. The van der Waals surface area contributed by atoms with Crippen molar-refractivity contribution < 1.29 is 4.79 Å². The number of nitrogens with zero attached hydrogens (tertiary/aromatic N) is 1. The molecule has 0 radical (unpaired) electrons. The number of benzene rings is 1. The lowest BCUT2D eigenvalue weighted by molar-refractivity contribution is 0.102.